The Morgan fingerprint density at radius 2 is 1.53 bits per heavy atom. The smallest absolute Gasteiger partial charge is 0.321 e. The maximum atomic E-state index is 12.8. The van der Waals surface area contributed by atoms with Gasteiger partial charge < -0.3 is 25.8 Å². The summed E-state index contributed by atoms with van der Waals surface area (Å²) in [6.07, 6.45) is 2.44. The van der Waals surface area contributed by atoms with Crippen molar-refractivity contribution >= 4 is 29.1 Å². The van der Waals surface area contributed by atoms with Crippen LogP contribution < -0.4 is 25.8 Å². The van der Waals surface area contributed by atoms with E-state index in [-0.39, 0.29) is 18.0 Å². The molecule has 1 unspecified atom stereocenters. The van der Waals surface area contributed by atoms with E-state index in [2.05, 4.69) is 10.6 Å². The van der Waals surface area contributed by atoms with E-state index in [0.29, 0.717) is 34.7 Å². The maximum absolute atomic E-state index is 12.8. The Hall–Kier alpha value is -4.79. The number of nitrogens with zero attached hydrogens (tertiary/aromatic N) is 1. The van der Waals surface area contributed by atoms with E-state index in [1.54, 1.807) is 62.6 Å². The van der Waals surface area contributed by atoms with Gasteiger partial charge in [-0.2, -0.15) is 0 Å². The lowest BCUT2D eigenvalue weighted by atomic mass is 9.92. The van der Waals surface area contributed by atoms with Gasteiger partial charge in [0.2, 0.25) is 5.91 Å². The number of primary amides is 1. The minimum Gasteiger partial charge on any atom is -0.493 e. The highest BCUT2D eigenvalue weighted by atomic mass is 16.5. The summed E-state index contributed by atoms with van der Waals surface area (Å²) in [5.41, 5.74) is 10.2. The number of ether oxygens (including phenoxy) is 2. The van der Waals surface area contributed by atoms with Crippen molar-refractivity contribution < 1.29 is 23.9 Å². The van der Waals surface area contributed by atoms with Gasteiger partial charge in [-0.05, 0) is 78.6 Å². The van der Waals surface area contributed by atoms with Gasteiger partial charge in [0.25, 0.3) is 5.91 Å². The number of amides is 4. The molecule has 0 fully saturated rings. The second-order valence-corrected chi connectivity index (χ2v) is 8.90. The first kappa shape index (κ1) is 26.3. The summed E-state index contributed by atoms with van der Waals surface area (Å²) < 4.78 is 11.1. The van der Waals surface area contributed by atoms with Gasteiger partial charge in [0.15, 0.2) is 11.5 Å². The zero-order chi connectivity index (χ0) is 27.4. The van der Waals surface area contributed by atoms with Crippen LogP contribution in [-0.4, -0.2) is 50.1 Å². The van der Waals surface area contributed by atoms with E-state index in [9.17, 15) is 14.4 Å². The van der Waals surface area contributed by atoms with E-state index in [4.69, 9.17) is 15.2 Å². The molecule has 1 aliphatic rings. The molecule has 3 aromatic rings. The van der Waals surface area contributed by atoms with Gasteiger partial charge >= 0.3 is 6.03 Å². The predicted molar refractivity (Wildman–Crippen MR) is 145 cm³/mol. The molecule has 4 rings (SSSR count). The quantitative estimate of drug-likeness (QED) is 0.458. The normalized spacial score (nSPS) is 14.5. The summed E-state index contributed by atoms with van der Waals surface area (Å²) in [4.78, 5) is 38.5. The molecule has 9 heteroatoms. The predicted octanol–water partition coefficient (Wildman–Crippen LogP) is 4.03. The molecular weight excluding hydrogens is 484 g/mol. The van der Waals surface area contributed by atoms with Crippen molar-refractivity contribution in [3.8, 4) is 11.5 Å². The number of anilines is 1. The Bertz CT molecular complexity index is 1400. The van der Waals surface area contributed by atoms with Gasteiger partial charge in [-0.15, -0.1) is 0 Å². The van der Waals surface area contributed by atoms with Crippen LogP contribution in [0.25, 0.3) is 5.57 Å². The summed E-state index contributed by atoms with van der Waals surface area (Å²) in [5, 5.41) is 5.52. The van der Waals surface area contributed by atoms with Crippen molar-refractivity contribution in [3.63, 3.8) is 0 Å². The highest BCUT2D eigenvalue weighted by Gasteiger charge is 2.27. The summed E-state index contributed by atoms with van der Waals surface area (Å²) in [7, 11) is 4.77. The molecule has 0 aromatic heterocycles. The zero-order valence-electron chi connectivity index (χ0n) is 21.7. The summed E-state index contributed by atoms with van der Waals surface area (Å²) in [6, 6.07) is 17.0. The monoisotopic (exact) mass is 514 g/mol. The molecule has 196 valence electrons. The Balaban J connectivity index is 1.69. The molecule has 1 atom stereocenters. The third-order valence-electron chi connectivity index (χ3n) is 6.49. The fourth-order valence-electron chi connectivity index (χ4n) is 4.43. The van der Waals surface area contributed by atoms with E-state index >= 15 is 0 Å². The van der Waals surface area contributed by atoms with Crippen molar-refractivity contribution in [3.05, 3.63) is 94.7 Å². The lowest BCUT2D eigenvalue weighted by molar-refractivity contribution is 0.0998. The molecule has 0 spiro atoms. The first-order chi connectivity index (χ1) is 18.2. The maximum Gasteiger partial charge on any atom is 0.321 e. The third-order valence-corrected chi connectivity index (χ3v) is 6.49. The molecule has 0 aliphatic carbocycles. The third kappa shape index (κ3) is 5.31. The molecule has 1 aliphatic heterocycles. The number of nitrogens with one attached hydrogen (secondary N) is 2. The molecule has 0 saturated carbocycles. The van der Waals surface area contributed by atoms with E-state index in [0.717, 1.165) is 22.3 Å². The SMILES string of the molecule is CNC(=O)N1C=C(c2ccc(C(=O)Nc3ccc(C(N)=O)cc3)cc2)c2cc(OC)c(OC)cc2CC1C. The Morgan fingerprint density at radius 1 is 0.921 bits per heavy atom. The number of carbonyl (C=O) groups is 3. The number of rotatable bonds is 6. The highest BCUT2D eigenvalue weighted by molar-refractivity contribution is 6.05. The number of methoxy groups -OCH3 is 2. The number of fused-ring (bicyclic) bond motifs is 1. The summed E-state index contributed by atoms with van der Waals surface area (Å²) >= 11 is 0. The lowest BCUT2D eigenvalue weighted by Crippen LogP contribution is -2.40. The average Bonchev–Trinajstić information content (AvgIpc) is 3.07. The Morgan fingerprint density at radius 3 is 2.11 bits per heavy atom. The van der Waals surface area contributed by atoms with Gasteiger partial charge in [0.05, 0.1) is 14.2 Å². The molecular formula is C29H30N4O5. The molecule has 0 radical (unpaired) electrons. The second kappa shape index (κ2) is 11.1. The van der Waals surface area contributed by atoms with Crippen molar-refractivity contribution in [1.29, 1.82) is 0 Å². The van der Waals surface area contributed by atoms with Crippen LogP contribution in [0.15, 0.2) is 66.9 Å². The molecule has 38 heavy (non-hydrogen) atoms. The van der Waals surface area contributed by atoms with E-state index < -0.39 is 5.91 Å². The molecule has 0 saturated heterocycles. The average molecular weight is 515 g/mol. The number of benzene rings is 3. The molecule has 4 amide bonds. The first-order valence-electron chi connectivity index (χ1n) is 12.0. The highest BCUT2D eigenvalue weighted by Crippen LogP contribution is 2.39. The number of urea groups is 1. The zero-order valence-corrected chi connectivity index (χ0v) is 21.7. The van der Waals surface area contributed by atoms with Crippen LogP contribution in [0, 0.1) is 0 Å². The molecule has 3 aromatic carbocycles. The minimum atomic E-state index is -0.534. The Labute approximate surface area is 221 Å². The van der Waals surface area contributed by atoms with Crippen LogP contribution in [0.5, 0.6) is 11.5 Å². The first-order valence-corrected chi connectivity index (χ1v) is 12.0. The molecule has 4 N–H and O–H groups in total. The summed E-state index contributed by atoms with van der Waals surface area (Å²) in [5.74, 6) is 0.359. The Kier molecular flexibility index (Phi) is 7.66. The van der Waals surface area contributed by atoms with E-state index in [1.807, 2.05) is 37.4 Å². The molecule has 0 bridgehead atoms. The van der Waals surface area contributed by atoms with Crippen LogP contribution in [0.4, 0.5) is 10.5 Å². The van der Waals surface area contributed by atoms with Gasteiger partial charge in [0, 0.05) is 41.7 Å². The van der Waals surface area contributed by atoms with Gasteiger partial charge in [0.1, 0.15) is 0 Å². The van der Waals surface area contributed by atoms with Crippen molar-refractivity contribution in [2.24, 2.45) is 5.73 Å². The second-order valence-electron chi connectivity index (χ2n) is 8.90. The van der Waals surface area contributed by atoms with Crippen LogP contribution in [0.3, 0.4) is 0 Å². The van der Waals surface area contributed by atoms with Crippen molar-refractivity contribution in [1.82, 2.24) is 10.2 Å². The van der Waals surface area contributed by atoms with Gasteiger partial charge in [-0.3, -0.25) is 14.5 Å². The van der Waals surface area contributed by atoms with Crippen LogP contribution in [-0.2, 0) is 6.42 Å². The number of nitrogens with two attached hydrogens (primary N) is 1. The van der Waals surface area contributed by atoms with Crippen molar-refractivity contribution in [2.45, 2.75) is 19.4 Å². The standard InChI is InChI=1S/C29H30N4O5/c1-17-13-21-14-25(37-3)26(38-4)15-23(21)24(16-33(17)29(36)31-2)18-5-7-20(8-6-18)28(35)32-22-11-9-19(10-12-22)27(30)34/h5-12,14-17H,13H2,1-4H3,(H2,30,34)(H,31,36)(H,32,35). The van der Waals surface area contributed by atoms with E-state index in [1.165, 1.54) is 0 Å². The van der Waals surface area contributed by atoms with Crippen LogP contribution >= 0.6 is 0 Å². The largest absolute Gasteiger partial charge is 0.493 e. The summed E-state index contributed by atoms with van der Waals surface area (Å²) in [6.45, 7) is 1.98. The van der Waals surface area contributed by atoms with Gasteiger partial charge in [-0.25, -0.2) is 4.79 Å². The van der Waals surface area contributed by atoms with Crippen LogP contribution in [0.1, 0.15) is 44.3 Å². The van der Waals surface area contributed by atoms with Crippen molar-refractivity contribution in [2.75, 3.05) is 26.6 Å². The fraction of sp³-hybridized carbons (Fsp3) is 0.207. The fourth-order valence-corrected chi connectivity index (χ4v) is 4.43. The van der Waals surface area contributed by atoms with Gasteiger partial charge in [-0.1, -0.05) is 12.1 Å². The number of carbonyl (C=O) groups excluding carboxylic acids is 3. The minimum absolute atomic E-state index is 0.115. The lowest BCUT2D eigenvalue weighted by Gasteiger charge is -2.24. The number of hydrogen-bond donors (Lipinski definition) is 3. The topological polar surface area (TPSA) is 123 Å². The number of hydrogen-bond acceptors (Lipinski definition) is 5. The molecule has 1 heterocycles. The van der Waals surface area contributed by atoms with Crippen LogP contribution in [0.2, 0.25) is 0 Å². The molecule has 9 nitrogen and oxygen atoms in total.